The highest BCUT2D eigenvalue weighted by atomic mass is 13.9. The topological polar surface area (TPSA) is 0 Å². The van der Waals surface area contributed by atoms with Crippen molar-refractivity contribution in [2.24, 2.45) is 0 Å². The molecule has 0 amide bonds. The van der Waals surface area contributed by atoms with Crippen LogP contribution in [0.15, 0.2) is 62.3 Å². The molecule has 0 aromatic heterocycles. The van der Waals surface area contributed by atoms with E-state index in [4.69, 9.17) is 0 Å². The van der Waals surface area contributed by atoms with Crippen LogP contribution in [-0.4, -0.2) is 0 Å². The third-order valence-electron chi connectivity index (χ3n) is 1.99. The number of hydrogen-bond donors (Lipinski definition) is 0. The quantitative estimate of drug-likeness (QED) is 0.269. The molecule has 0 radical (unpaired) electrons. The van der Waals surface area contributed by atoms with Crippen LogP contribution in [0.3, 0.4) is 0 Å². The van der Waals surface area contributed by atoms with Gasteiger partial charge in [-0.15, -0.1) is 19.7 Å². The van der Waals surface area contributed by atoms with Gasteiger partial charge in [-0.3, -0.25) is 0 Å². The molecular weight excluding hydrogens is 216 g/mol. The second kappa shape index (κ2) is 21.0. The van der Waals surface area contributed by atoms with E-state index in [1.54, 1.807) is 0 Å². The Morgan fingerprint density at radius 1 is 1.00 bits per heavy atom. The van der Waals surface area contributed by atoms with Crippen LogP contribution in [0.4, 0.5) is 0 Å². The predicted molar refractivity (Wildman–Crippen MR) is 89.0 cm³/mol. The zero-order valence-electron chi connectivity index (χ0n) is 12.8. The molecule has 0 saturated heterocycles. The van der Waals surface area contributed by atoms with Crippen LogP contribution in [0, 0.1) is 0 Å². The van der Waals surface area contributed by atoms with E-state index in [1.165, 1.54) is 24.8 Å². The van der Waals surface area contributed by atoms with E-state index in [0.29, 0.717) is 0 Å². The van der Waals surface area contributed by atoms with Gasteiger partial charge in [-0.25, -0.2) is 0 Å². The molecule has 0 atom stereocenters. The minimum absolute atomic E-state index is 1.08. The van der Waals surface area contributed by atoms with Gasteiger partial charge in [0, 0.05) is 0 Å². The molecule has 0 fully saturated rings. The van der Waals surface area contributed by atoms with Crippen LogP contribution in [0.25, 0.3) is 0 Å². The molecule has 0 unspecified atom stereocenters. The second-order valence-corrected chi connectivity index (χ2v) is 3.99. The molecule has 0 N–H and O–H groups in total. The van der Waals surface area contributed by atoms with E-state index in [2.05, 4.69) is 52.8 Å². The molecule has 0 aliphatic carbocycles. The van der Waals surface area contributed by atoms with Crippen molar-refractivity contribution in [3.8, 4) is 0 Å². The van der Waals surface area contributed by atoms with E-state index in [-0.39, 0.29) is 0 Å². The summed E-state index contributed by atoms with van der Waals surface area (Å²) in [6.45, 7) is 23.5. The van der Waals surface area contributed by atoms with Gasteiger partial charge >= 0.3 is 0 Å². The van der Waals surface area contributed by atoms with Gasteiger partial charge in [0.2, 0.25) is 0 Å². The largest absolute Gasteiger partial charge is 0.106 e. The molecule has 0 rings (SSSR count). The maximum Gasteiger partial charge on any atom is -0.0285 e. The van der Waals surface area contributed by atoms with Crippen molar-refractivity contribution in [1.29, 1.82) is 0 Å². The number of allylic oxidation sites excluding steroid dienone is 5. The van der Waals surface area contributed by atoms with Crippen molar-refractivity contribution >= 4 is 0 Å². The fraction of sp³-hybridized carbons (Fsp3) is 0.444. The van der Waals surface area contributed by atoms with E-state index < -0.39 is 0 Å². The van der Waals surface area contributed by atoms with Crippen molar-refractivity contribution in [2.75, 3.05) is 0 Å². The van der Waals surface area contributed by atoms with Gasteiger partial charge in [-0.2, -0.15) is 0 Å². The van der Waals surface area contributed by atoms with Crippen LogP contribution in [-0.2, 0) is 0 Å². The molecule has 0 spiro atoms. The Morgan fingerprint density at radius 3 is 1.83 bits per heavy atom. The van der Waals surface area contributed by atoms with E-state index in [9.17, 15) is 0 Å². The van der Waals surface area contributed by atoms with Gasteiger partial charge < -0.3 is 0 Å². The summed E-state index contributed by atoms with van der Waals surface area (Å²) < 4.78 is 0. The smallest absolute Gasteiger partial charge is 0.0285 e. The molecule has 0 nitrogen and oxygen atoms in total. The lowest BCUT2D eigenvalue weighted by atomic mass is 10.1. The van der Waals surface area contributed by atoms with Crippen molar-refractivity contribution in [3.05, 3.63) is 62.3 Å². The Labute approximate surface area is 116 Å². The summed E-state index contributed by atoms with van der Waals surface area (Å²) in [7, 11) is 0. The monoisotopic (exact) mass is 248 g/mol. The average Bonchev–Trinajstić information content (AvgIpc) is 2.39. The molecule has 0 saturated carbocycles. The minimum Gasteiger partial charge on any atom is -0.106 e. The van der Waals surface area contributed by atoms with Crippen LogP contribution in [0.2, 0.25) is 0 Å². The van der Waals surface area contributed by atoms with E-state index in [1.807, 2.05) is 19.1 Å². The van der Waals surface area contributed by atoms with Crippen molar-refractivity contribution < 1.29 is 0 Å². The molecule has 104 valence electrons. The summed E-state index contributed by atoms with van der Waals surface area (Å²) in [6.07, 6.45) is 12.0. The lowest BCUT2D eigenvalue weighted by molar-refractivity contribution is 0.720. The predicted octanol–water partition coefficient (Wildman–Crippen LogP) is 6.64. The van der Waals surface area contributed by atoms with Crippen molar-refractivity contribution in [2.45, 2.75) is 52.9 Å². The van der Waals surface area contributed by atoms with Gasteiger partial charge in [0.25, 0.3) is 0 Å². The zero-order chi connectivity index (χ0) is 14.8. The zero-order valence-corrected chi connectivity index (χ0v) is 12.8. The van der Waals surface area contributed by atoms with E-state index >= 15 is 0 Å². The van der Waals surface area contributed by atoms with Gasteiger partial charge in [-0.05, 0) is 26.2 Å². The molecule has 0 heterocycles. The second-order valence-electron chi connectivity index (χ2n) is 3.99. The lowest BCUT2D eigenvalue weighted by Crippen LogP contribution is -1.78. The fourth-order valence-electron chi connectivity index (χ4n) is 0.946. The average molecular weight is 248 g/mol. The first-order valence-electron chi connectivity index (χ1n) is 6.70. The number of unbranched alkanes of at least 4 members (excludes halogenated alkanes) is 2. The van der Waals surface area contributed by atoms with Crippen LogP contribution in [0.5, 0.6) is 0 Å². The minimum atomic E-state index is 1.08. The molecule has 0 aromatic carbocycles. The molecule has 0 aromatic rings. The summed E-state index contributed by atoms with van der Waals surface area (Å²) in [5, 5.41) is 0. The molecule has 0 aliphatic rings. The summed E-state index contributed by atoms with van der Waals surface area (Å²) in [5.41, 5.74) is 2.30. The summed E-state index contributed by atoms with van der Waals surface area (Å²) in [5.74, 6) is 0. The first kappa shape index (κ1) is 21.9. The normalized spacial score (nSPS) is 8.61. The maximum absolute atomic E-state index is 3.97. The van der Waals surface area contributed by atoms with E-state index in [0.717, 1.165) is 18.4 Å². The van der Waals surface area contributed by atoms with Crippen LogP contribution < -0.4 is 0 Å². The molecule has 0 heteroatoms. The van der Waals surface area contributed by atoms with Gasteiger partial charge in [0.05, 0.1) is 0 Å². The standard InChI is InChI=1S/C12H20.C4H8.C2H4/c1-5-6-7-8-12(4)10-9-11(2)3;1-3-4-2;1-2/h9-10H,2,4-8H2,1,3H3;3H,1,4H2,2H3;1-2H2/b10-9-;;. The molecule has 0 aliphatic heterocycles. The Morgan fingerprint density at radius 2 is 1.50 bits per heavy atom. The SMILES string of the molecule is C=C.C=C(C)/C=C\C(=C)CCCCC.C=CCC. The Kier molecular flexibility index (Phi) is 25.6. The Hall–Kier alpha value is -1.30. The van der Waals surface area contributed by atoms with Crippen LogP contribution in [0.1, 0.15) is 52.9 Å². The first-order valence-corrected chi connectivity index (χ1v) is 6.70. The summed E-state index contributed by atoms with van der Waals surface area (Å²) in [4.78, 5) is 0. The van der Waals surface area contributed by atoms with Crippen molar-refractivity contribution in [1.82, 2.24) is 0 Å². The molecule has 18 heavy (non-hydrogen) atoms. The molecule has 0 bridgehead atoms. The third-order valence-corrected chi connectivity index (χ3v) is 1.99. The highest BCUT2D eigenvalue weighted by molar-refractivity contribution is 5.22. The maximum atomic E-state index is 3.97. The summed E-state index contributed by atoms with van der Waals surface area (Å²) in [6, 6.07) is 0. The fourth-order valence-corrected chi connectivity index (χ4v) is 0.946. The third kappa shape index (κ3) is 29.3. The lowest BCUT2D eigenvalue weighted by Gasteiger charge is -1.98. The molecular formula is C18H32. The van der Waals surface area contributed by atoms with Crippen LogP contribution >= 0.6 is 0 Å². The van der Waals surface area contributed by atoms with Gasteiger partial charge in [-0.1, -0.05) is 69.2 Å². The highest BCUT2D eigenvalue weighted by Crippen LogP contribution is 2.08. The van der Waals surface area contributed by atoms with Crippen molar-refractivity contribution in [3.63, 3.8) is 0 Å². The summed E-state index contributed by atoms with van der Waals surface area (Å²) >= 11 is 0. The first-order chi connectivity index (χ1) is 8.58. The van der Waals surface area contributed by atoms with Gasteiger partial charge in [0.1, 0.15) is 0 Å². The highest BCUT2D eigenvalue weighted by Gasteiger charge is 1.88. The van der Waals surface area contributed by atoms with Gasteiger partial charge in [0.15, 0.2) is 0 Å². The number of hydrogen-bond acceptors (Lipinski definition) is 0. The number of rotatable bonds is 7. The Balaban J connectivity index is -0.000000317. The Bertz CT molecular complexity index is 230.